The van der Waals surface area contributed by atoms with E-state index in [1.807, 2.05) is 6.08 Å². The summed E-state index contributed by atoms with van der Waals surface area (Å²) in [4.78, 5) is 30.5. The molecule has 126 valence electrons. The smallest absolute Gasteiger partial charge is 0.252 e. The second kappa shape index (κ2) is 6.64. The minimum Gasteiger partial charge on any atom is -0.317 e. The van der Waals surface area contributed by atoms with Crippen LogP contribution in [0.5, 0.6) is 0 Å². The Kier molecular flexibility index (Phi) is 4.57. The van der Waals surface area contributed by atoms with Crippen LogP contribution in [0, 0.1) is 0 Å². The molecule has 0 radical (unpaired) electrons. The molecule has 8 heteroatoms. The van der Waals surface area contributed by atoms with Crippen molar-refractivity contribution in [2.24, 2.45) is 4.99 Å². The lowest BCUT2D eigenvalue weighted by molar-refractivity contribution is -0.130. The molecule has 1 aromatic heterocycles. The Balaban J connectivity index is 1.77. The number of nitrogens with one attached hydrogen (secondary N) is 1. The van der Waals surface area contributed by atoms with Crippen molar-refractivity contribution in [3.05, 3.63) is 29.4 Å². The van der Waals surface area contributed by atoms with Crippen molar-refractivity contribution in [2.75, 3.05) is 5.32 Å². The first-order valence-corrected chi connectivity index (χ1v) is 8.74. The number of unbranched alkanes of at least 4 members (excludes halogenated alkanes) is 1. The van der Waals surface area contributed by atoms with Crippen LogP contribution in [-0.4, -0.2) is 38.3 Å². The van der Waals surface area contributed by atoms with Crippen LogP contribution in [0.15, 0.2) is 29.4 Å². The van der Waals surface area contributed by atoms with Crippen molar-refractivity contribution in [1.82, 2.24) is 15.1 Å². The number of rotatable bonds is 5. The zero-order valence-electron chi connectivity index (χ0n) is 13.7. The molecule has 2 aliphatic rings. The van der Waals surface area contributed by atoms with Crippen LogP contribution >= 0.6 is 11.3 Å². The standard InChI is InChI=1S/C16H19N5O2S/c1-3-4-8-13-19-20-15(24-13)18-14(23)16(2)10-12(22)17-11-7-5-6-9-21(11)16/h5-7,9H,3-4,8,10H2,1-2H3,(H,18,20,23). The van der Waals surface area contributed by atoms with E-state index >= 15 is 0 Å². The summed E-state index contributed by atoms with van der Waals surface area (Å²) in [7, 11) is 0. The van der Waals surface area contributed by atoms with Crippen molar-refractivity contribution in [2.45, 2.75) is 45.1 Å². The number of amides is 2. The van der Waals surface area contributed by atoms with Crippen molar-refractivity contribution >= 4 is 34.1 Å². The summed E-state index contributed by atoms with van der Waals surface area (Å²) >= 11 is 1.37. The van der Waals surface area contributed by atoms with E-state index < -0.39 is 5.54 Å². The third kappa shape index (κ3) is 3.14. The molecular formula is C16H19N5O2S. The third-order valence-corrected chi connectivity index (χ3v) is 4.92. The van der Waals surface area contributed by atoms with Crippen LogP contribution in [0.2, 0.25) is 0 Å². The van der Waals surface area contributed by atoms with Gasteiger partial charge in [0.2, 0.25) is 5.13 Å². The van der Waals surface area contributed by atoms with Crippen LogP contribution in [0.1, 0.15) is 38.1 Å². The van der Waals surface area contributed by atoms with E-state index in [0.717, 1.165) is 24.3 Å². The summed E-state index contributed by atoms with van der Waals surface area (Å²) in [5.74, 6) is -0.117. The molecule has 2 amide bonds. The van der Waals surface area contributed by atoms with Crippen LogP contribution in [0.4, 0.5) is 5.13 Å². The first-order chi connectivity index (χ1) is 11.5. The molecule has 1 unspecified atom stereocenters. The number of hydrogen-bond acceptors (Lipinski definition) is 6. The highest BCUT2D eigenvalue weighted by Crippen LogP contribution is 2.29. The fourth-order valence-corrected chi connectivity index (χ4v) is 3.42. The maximum absolute atomic E-state index is 12.8. The number of anilines is 1. The Bertz CT molecular complexity index is 751. The maximum Gasteiger partial charge on any atom is 0.252 e. The van der Waals surface area contributed by atoms with Gasteiger partial charge in [-0.25, -0.2) is 0 Å². The largest absolute Gasteiger partial charge is 0.317 e. The number of hydrogen-bond donors (Lipinski definition) is 1. The van der Waals surface area contributed by atoms with E-state index in [2.05, 4.69) is 27.4 Å². The van der Waals surface area contributed by atoms with Gasteiger partial charge >= 0.3 is 0 Å². The monoisotopic (exact) mass is 345 g/mol. The Labute approximate surface area is 144 Å². The molecule has 1 N–H and O–H groups in total. The van der Waals surface area contributed by atoms with Crippen molar-refractivity contribution in [3.63, 3.8) is 0 Å². The molecule has 3 rings (SSSR count). The molecule has 3 heterocycles. The molecule has 24 heavy (non-hydrogen) atoms. The Morgan fingerprint density at radius 3 is 3.04 bits per heavy atom. The quantitative estimate of drug-likeness (QED) is 0.885. The van der Waals surface area contributed by atoms with Crippen molar-refractivity contribution < 1.29 is 9.59 Å². The summed E-state index contributed by atoms with van der Waals surface area (Å²) in [5, 5.41) is 12.3. The highest BCUT2D eigenvalue weighted by atomic mass is 32.1. The average molecular weight is 345 g/mol. The number of fused-ring (bicyclic) bond motifs is 1. The zero-order chi connectivity index (χ0) is 17.2. The molecule has 0 bridgehead atoms. The van der Waals surface area contributed by atoms with Crippen molar-refractivity contribution in [1.29, 1.82) is 0 Å². The van der Waals surface area contributed by atoms with Crippen LogP contribution in [0.25, 0.3) is 0 Å². The van der Waals surface area contributed by atoms with Gasteiger partial charge in [-0.1, -0.05) is 30.8 Å². The molecule has 1 aromatic rings. The Morgan fingerprint density at radius 1 is 1.42 bits per heavy atom. The lowest BCUT2D eigenvalue weighted by atomic mass is 9.91. The molecule has 0 fully saturated rings. The number of carbonyl (C=O) groups excluding carboxylic acids is 2. The van der Waals surface area contributed by atoms with E-state index in [0.29, 0.717) is 11.0 Å². The number of aromatic nitrogens is 2. The SMILES string of the molecule is CCCCc1nnc(NC(=O)C2(C)CC(=O)N=C3C=CC=CN32)s1. The summed E-state index contributed by atoms with van der Waals surface area (Å²) in [6, 6.07) is 0. The second-order valence-corrected chi connectivity index (χ2v) is 7.01. The van der Waals surface area contributed by atoms with Gasteiger partial charge in [0.1, 0.15) is 16.4 Å². The highest BCUT2D eigenvalue weighted by Gasteiger charge is 2.45. The van der Waals surface area contributed by atoms with E-state index in [1.54, 1.807) is 30.2 Å². The predicted octanol–water partition coefficient (Wildman–Crippen LogP) is 2.29. The fraction of sp³-hybridized carbons (Fsp3) is 0.438. The summed E-state index contributed by atoms with van der Waals surface area (Å²) in [6.45, 7) is 3.85. The Morgan fingerprint density at radius 2 is 2.25 bits per heavy atom. The topological polar surface area (TPSA) is 87.5 Å². The lowest BCUT2D eigenvalue weighted by Crippen LogP contribution is -2.58. The van der Waals surface area contributed by atoms with Gasteiger partial charge in [0, 0.05) is 12.6 Å². The molecule has 0 spiro atoms. The number of allylic oxidation sites excluding steroid dienone is 2. The normalized spacial score (nSPS) is 22.3. The summed E-state index contributed by atoms with van der Waals surface area (Å²) in [5.41, 5.74) is -1.04. The summed E-state index contributed by atoms with van der Waals surface area (Å²) < 4.78 is 0. The minimum absolute atomic E-state index is 0.0159. The van der Waals surface area contributed by atoms with E-state index in [4.69, 9.17) is 0 Å². The van der Waals surface area contributed by atoms with Crippen LogP contribution in [0.3, 0.4) is 0 Å². The minimum atomic E-state index is -1.04. The lowest BCUT2D eigenvalue weighted by Gasteiger charge is -2.41. The zero-order valence-corrected chi connectivity index (χ0v) is 14.5. The maximum atomic E-state index is 12.8. The fourth-order valence-electron chi connectivity index (χ4n) is 2.64. The second-order valence-electron chi connectivity index (χ2n) is 5.94. The number of aliphatic imine (C=N–C) groups is 1. The van der Waals surface area contributed by atoms with Gasteiger partial charge in [-0.2, -0.15) is 4.99 Å². The number of carbonyl (C=O) groups is 2. The predicted molar refractivity (Wildman–Crippen MR) is 92.7 cm³/mol. The number of amidine groups is 1. The van der Waals surface area contributed by atoms with Gasteiger partial charge in [-0.3, -0.25) is 14.9 Å². The van der Waals surface area contributed by atoms with Gasteiger partial charge in [-0.15, -0.1) is 10.2 Å². The van der Waals surface area contributed by atoms with Gasteiger partial charge in [-0.05, 0) is 25.5 Å². The van der Waals surface area contributed by atoms with Gasteiger partial charge in [0.25, 0.3) is 11.8 Å². The van der Waals surface area contributed by atoms with Gasteiger partial charge in [0.05, 0.1) is 6.42 Å². The van der Waals surface area contributed by atoms with Gasteiger partial charge < -0.3 is 4.90 Å². The van der Waals surface area contributed by atoms with Gasteiger partial charge in [0.15, 0.2) is 0 Å². The molecular weight excluding hydrogens is 326 g/mol. The molecule has 0 saturated carbocycles. The molecule has 2 aliphatic heterocycles. The van der Waals surface area contributed by atoms with E-state index in [9.17, 15) is 9.59 Å². The molecule has 7 nitrogen and oxygen atoms in total. The molecule has 0 aliphatic carbocycles. The van der Waals surface area contributed by atoms with E-state index in [1.165, 1.54) is 11.3 Å². The number of aryl methyl sites for hydroxylation is 1. The molecule has 1 atom stereocenters. The average Bonchev–Trinajstić information content (AvgIpc) is 3.00. The van der Waals surface area contributed by atoms with E-state index in [-0.39, 0.29) is 18.2 Å². The Hall–Kier alpha value is -2.35. The third-order valence-electron chi connectivity index (χ3n) is 4.03. The van der Waals surface area contributed by atoms with Crippen molar-refractivity contribution in [3.8, 4) is 0 Å². The molecule has 0 saturated heterocycles. The highest BCUT2D eigenvalue weighted by molar-refractivity contribution is 7.15. The van der Waals surface area contributed by atoms with Crippen LogP contribution < -0.4 is 5.32 Å². The van der Waals surface area contributed by atoms with Crippen LogP contribution in [-0.2, 0) is 16.0 Å². The first kappa shape index (κ1) is 16.5. The number of nitrogens with zero attached hydrogens (tertiary/aromatic N) is 4. The summed E-state index contributed by atoms with van der Waals surface area (Å²) in [6.07, 6.45) is 10.1. The first-order valence-electron chi connectivity index (χ1n) is 7.92. The molecule has 0 aromatic carbocycles.